The van der Waals surface area contributed by atoms with Crippen molar-refractivity contribution in [2.45, 2.75) is 12.4 Å². The van der Waals surface area contributed by atoms with Crippen LogP contribution in [-0.2, 0) is 21.9 Å². The lowest BCUT2D eigenvalue weighted by atomic mass is 10.1. The maximum absolute atomic E-state index is 12.6. The first-order valence-corrected chi connectivity index (χ1v) is 4.59. The van der Waals surface area contributed by atoms with Crippen molar-refractivity contribution in [1.82, 2.24) is 0 Å². The molecule has 4 nitrogen and oxygen atoms in total. The molecule has 1 rings (SSSR count). The van der Waals surface area contributed by atoms with Gasteiger partial charge in [0.05, 0.1) is 22.5 Å². The maximum Gasteiger partial charge on any atom is 0.418 e. The van der Waals surface area contributed by atoms with Crippen LogP contribution in [0.2, 0.25) is 0 Å². The first kappa shape index (κ1) is 15.6. The topological polar surface area (TPSA) is 58.9 Å². The predicted molar refractivity (Wildman–Crippen MR) is 52.0 cm³/mol. The van der Waals surface area contributed by atoms with Crippen molar-refractivity contribution >= 4 is 23.5 Å². The summed E-state index contributed by atoms with van der Waals surface area (Å²) in [5.74, 6) is 0. The van der Waals surface area contributed by atoms with E-state index in [2.05, 4.69) is 9.98 Å². The van der Waals surface area contributed by atoms with Gasteiger partial charge in [0.2, 0.25) is 12.2 Å². The Hall–Kier alpha value is -2.44. The van der Waals surface area contributed by atoms with Gasteiger partial charge in [-0.15, -0.1) is 0 Å². The Morgan fingerprint density at radius 3 is 1.35 bits per heavy atom. The normalized spacial score (nSPS) is 11.5. The summed E-state index contributed by atoms with van der Waals surface area (Å²) in [5.41, 5.74) is -5.85. The summed E-state index contributed by atoms with van der Waals surface area (Å²) in [6.45, 7) is 0. The van der Waals surface area contributed by atoms with Crippen molar-refractivity contribution in [3.8, 4) is 0 Å². The number of hydrogen-bond donors (Lipinski definition) is 0. The Morgan fingerprint density at radius 2 is 1.10 bits per heavy atom. The number of nitrogens with zero attached hydrogens (tertiary/aromatic N) is 2. The molecule has 0 radical (unpaired) electrons. The van der Waals surface area contributed by atoms with Crippen molar-refractivity contribution in [3.05, 3.63) is 23.3 Å². The second-order valence-corrected chi connectivity index (χ2v) is 3.29. The van der Waals surface area contributed by atoms with Gasteiger partial charge in [-0.25, -0.2) is 9.59 Å². The molecule has 0 amide bonds. The maximum atomic E-state index is 12.6. The minimum Gasteiger partial charge on any atom is -0.211 e. The largest absolute Gasteiger partial charge is 0.418 e. The molecule has 0 bridgehead atoms. The lowest BCUT2D eigenvalue weighted by Crippen LogP contribution is -2.11. The molecule has 0 aliphatic heterocycles. The molecule has 20 heavy (non-hydrogen) atoms. The van der Waals surface area contributed by atoms with Crippen LogP contribution in [0.5, 0.6) is 0 Å². The highest BCUT2D eigenvalue weighted by Crippen LogP contribution is 2.44. The standard InChI is InChI=1S/C10H2F6N2O2/c11-9(12,13)5-1-6(10(14,15)16)8(18-4-20)2-7(5)17-3-19/h1-2H. The van der Waals surface area contributed by atoms with Gasteiger partial charge in [0.1, 0.15) is 0 Å². The average Bonchev–Trinajstić information content (AvgIpc) is 2.26. The van der Waals surface area contributed by atoms with Crippen LogP contribution < -0.4 is 0 Å². The van der Waals surface area contributed by atoms with Crippen LogP contribution in [0.15, 0.2) is 22.1 Å². The van der Waals surface area contributed by atoms with Crippen LogP contribution in [0.3, 0.4) is 0 Å². The number of halogens is 6. The Labute approximate surface area is 106 Å². The van der Waals surface area contributed by atoms with E-state index < -0.39 is 34.9 Å². The van der Waals surface area contributed by atoms with Crippen LogP contribution in [-0.4, -0.2) is 12.2 Å². The Morgan fingerprint density at radius 1 is 0.750 bits per heavy atom. The molecule has 0 aliphatic carbocycles. The molecule has 0 heterocycles. The van der Waals surface area contributed by atoms with Gasteiger partial charge in [-0.2, -0.15) is 36.3 Å². The highest BCUT2D eigenvalue weighted by atomic mass is 19.4. The third-order valence-electron chi connectivity index (χ3n) is 2.06. The predicted octanol–water partition coefficient (Wildman–Crippen LogP) is 3.66. The molecule has 0 aliphatic rings. The van der Waals surface area contributed by atoms with E-state index in [-0.39, 0.29) is 12.1 Å². The van der Waals surface area contributed by atoms with Gasteiger partial charge in [-0.3, -0.25) is 0 Å². The van der Waals surface area contributed by atoms with Crippen molar-refractivity contribution in [3.63, 3.8) is 0 Å². The Kier molecular flexibility index (Phi) is 4.12. The van der Waals surface area contributed by atoms with Gasteiger partial charge < -0.3 is 0 Å². The summed E-state index contributed by atoms with van der Waals surface area (Å²) in [5, 5.41) is 0. The molecule has 0 aromatic heterocycles. The summed E-state index contributed by atoms with van der Waals surface area (Å²) in [4.78, 5) is 25.3. The highest BCUT2D eigenvalue weighted by Gasteiger charge is 2.40. The lowest BCUT2D eigenvalue weighted by molar-refractivity contribution is -0.142. The Balaban J connectivity index is 3.78. The van der Waals surface area contributed by atoms with Crippen molar-refractivity contribution < 1.29 is 35.9 Å². The van der Waals surface area contributed by atoms with E-state index in [1.807, 2.05) is 0 Å². The molecule has 1 aromatic rings. The fourth-order valence-corrected chi connectivity index (χ4v) is 1.31. The van der Waals surface area contributed by atoms with Gasteiger partial charge in [0.25, 0.3) is 0 Å². The highest BCUT2D eigenvalue weighted by molar-refractivity contribution is 5.66. The number of isocyanates is 2. The molecule has 10 heteroatoms. The molecular formula is C10H2F6N2O2. The zero-order chi connectivity index (χ0) is 15.6. The summed E-state index contributed by atoms with van der Waals surface area (Å²) < 4.78 is 75.6. The van der Waals surface area contributed by atoms with Crippen LogP contribution in [0.25, 0.3) is 0 Å². The number of hydrogen-bond acceptors (Lipinski definition) is 4. The van der Waals surface area contributed by atoms with Crippen LogP contribution in [0.4, 0.5) is 37.7 Å². The molecule has 1 aromatic carbocycles. The minimum atomic E-state index is -5.18. The molecule has 0 atom stereocenters. The van der Waals surface area contributed by atoms with Gasteiger partial charge in [0.15, 0.2) is 0 Å². The second kappa shape index (κ2) is 5.28. The van der Waals surface area contributed by atoms with E-state index in [0.29, 0.717) is 0 Å². The first-order valence-electron chi connectivity index (χ1n) is 4.59. The molecule has 0 N–H and O–H groups in total. The van der Waals surface area contributed by atoms with E-state index in [0.717, 1.165) is 12.2 Å². The van der Waals surface area contributed by atoms with Gasteiger partial charge >= 0.3 is 12.4 Å². The molecular weight excluding hydrogens is 294 g/mol. The molecule has 0 spiro atoms. The molecule has 106 valence electrons. The van der Waals surface area contributed by atoms with Crippen LogP contribution >= 0.6 is 0 Å². The van der Waals surface area contributed by atoms with Gasteiger partial charge in [-0.1, -0.05) is 0 Å². The number of rotatable bonds is 2. The number of benzene rings is 1. The number of alkyl halides is 6. The van der Waals surface area contributed by atoms with E-state index in [1.165, 1.54) is 0 Å². The fourth-order valence-electron chi connectivity index (χ4n) is 1.31. The molecule has 0 saturated heterocycles. The zero-order valence-electron chi connectivity index (χ0n) is 9.13. The first-order chi connectivity index (χ1) is 9.11. The van der Waals surface area contributed by atoms with Crippen LogP contribution in [0, 0.1) is 0 Å². The molecule has 0 unspecified atom stereocenters. The quantitative estimate of drug-likeness (QED) is 0.475. The smallest absolute Gasteiger partial charge is 0.211 e. The third-order valence-corrected chi connectivity index (χ3v) is 2.06. The second-order valence-electron chi connectivity index (χ2n) is 3.29. The Bertz CT molecular complexity index is 571. The zero-order valence-corrected chi connectivity index (χ0v) is 9.13. The third kappa shape index (κ3) is 3.31. The average molecular weight is 296 g/mol. The van der Waals surface area contributed by atoms with Crippen molar-refractivity contribution in [2.24, 2.45) is 9.98 Å². The summed E-state index contributed by atoms with van der Waals surface area (Å²) in [7, 11) is 0. The van der Waals surface area contributed by atoms with E-state index in [4.69, 9.17) is 0 Å². The van der Waals surface area contributed by atoms with E-state index >= 15 is 0 Å². The summed E-state index contributed by atoms with van der Waals surface area (Å²) in [6, 6.07) is -0.0756. The van der Waals surface area contributed by atoms with Crippen molar-refractivity contribution in [2.75, 3.05) is 0 Å². The van der Waals surface area contributed by atoms with E-state index in [1.54, 1.807) is 0 Å². The number of carbonyl (C=O) groups excluding carboxylic acids is 2. The number of aliphatic imine (C=N–C) groups is 2. The summed E-state index contributed by atoms with van der Waals surface area (Å²) in [6.07, 6.45) is -8.81. The van der Waals surface area contributed by atoms with E-state index in [9.17, 15) is 35.9 Å². The fraction of sp³-hybridized carbons (Fsp3) is 0.200. The van der Waals surface area contributed by atoms with Crippen molar-refractivity contribution in [1.29, 1.82) is 0 Å². The monoisotopic (exact) mass is 296 g/mol. The molecule has 0 fully saturated rings. The van der Waals surface area contributed by atoms with Crippen LogP contribution in [0.1, 0.15) is 11.1 Å². The summed E-state index contributed by atoms with van der Waals surface area (Å²) >= 11 is 0. The SMILES string of the molecule is O=C=Nc1cc(N=C=O)c(C(F)(F)F)cc1C(F)(F)F. The van der Waals surface area contributed by atoms with Gasteiger partial charge in [-0.05, 0) is 12.1 Å². The lowest BCUT2D eigenvalue weighted by Gasteiger charge is -2.14. The van der Waals surface area contributed by atoms with Gasteiger partial charge in [0, 0.05) is 0 Å². The minimum absolute atomic E-state index is 0.210. The molecule has 0 saturated carbocycles.